The van der Waals surface area contributed by atoms with Gasteiger partial charge in [0.05, 0.1) is 0 Å². The monoisotopic (exact) mass is 438 g/mol. The standard InChI is InChI=1S/C33H42/c1-3-5-7-8-9-11-13-28-14-16-30(17-15-28)18-19-31-22-26-33(27-23-31)32-24-20-29(21-25-32)12-10-6-4-2/h14-17,22-23,26-27,29,32H,3-10,12,20-21,24-25H2,1-2H3. The molecule has 0 aliphatic heterocycles. The first-order chi connectivity index (χ1) is 16.3. The van der Waals surface area contributed by atoms with E-state index in [2.05, 4.69) is 86.1 Å². The molecule has 0 radical (unpaired) electrons. The summed E-state index contributed by atoms with van der Waals surface area (Å²) in [6.07, 6.45) is 17.2. The molecule has 33 heavy (non-hydrogen) atoms. The third kappa shape index (κ3) is 9.14. The zero-order valence-corrected chi connectivity index (χ0v) is 21.0. The summed E-state index contributed by atoms with van der Waals surface area (Å²) in [6, 6.07) is 17.4. The van der Waals surface area contributed by atoms with Gasteiger partial charge in [0.2, 0.25) is 0 Å². The molecule has 0 saturated heterocycles. The van der Waals surface area contributed by atoms with Crippen molar-refractivity contribution in [3.05, 3.63) is 70.8 Å². The number of unbranched alkanes of at least 4 members (excludes halogenated alkanes) is 6. The Morgan fingerprint density at radius 1 is 0.606 bits per heavy atom. The smallest absolute Gasteiger partial charge is 0.0249 e. The Bertz CT molecular complexity index is 916. The molecule has 3 rings (SSSR count). The van der Waals surface area contributed by atoms with Gasteiger partial charge in [0, 0.05) is 23.1 Å². The van der Waals surface area contributed by atoms with Crippen molar-refractivity contribution in [3.63, 3.8) is 0 Å². The quantitative estimate of drug-likeness (QED) is 0.270. The first-order valence-corrected chi connectivity index (χ1v) is 13.5. The minimum Gasteiger partial charge on any atom is -0.0979 e. The van der Waals surface area contributed by atoms with Crippen molar-refractivity contribution in [1.29, 1.82) is 0 Å². The van der Waals surface area contributed by atoms with E-state index in [1.165, 1.54) is 82.6 Å². The molecule has 0 heteroatoms. The zero-order valence-electron chi connectivity index (χ0n) is 21.0. The van der Waals surface area contributed by atoms with Gasteiger partial charge in [0.15, 0.2) is 0 Å². The highest BCUT2D eigenvalue weighted by atomic mass is 14.3. The molecule has 0 bridgehead atoms. The van der Waals surface area contributed by atoms with Crippen molar-refractivity contribution in [2.75, 3.05) is 0 Å². The van der Waals surface area contributed by atoms with Gasteiger partial charge >= 0.3 is 0 Å². The lowest BCUT2D eigenvalue weighted by molar-refractivity contribution is 0.303. The molecule has 174 valence electrons. The topological polar surface area (TPSA) is 0 Å². The summed E-state index contributed by atoms with van der Waals surface area (Å²) in [5.41, 5.74) is 4.74. The molecular formula is C33H42. The van der Waals surface area contributed by atoms with Crippen LogP contribution in [0.1, 0.15) is 125 Å². The van der Waals surface area contributed by atoms with Crippen molar-refractivity contribution >= 4 is 0 Å². The van der Waals surface area contributed by atoms with Gasteiger partial charge in [-0.25, -0.2) is 0 Å². The van der Waals surface area contributed by atoms with Gasteiger partial charge < -0.3 is 0 Å². The Labute approximate surface area is 203 Å². The minimum absolute atomic E-state index is 0.745. The van der Waals surface area contributed by atoms with E-state index in [0.29, 0.717) is 0 Å². The fourth-order valence-electron chi connectivity index (χ4n) is 4.89. The molecule has 0 atom stereocenters. The molecule has 0 spiro atoms. The first kappa shape index (κ1) is 25.2. The predicted molar refractivity (Wildman–Crippen MR) is 143 cm³/mol. The van der Waals surface area contributed by atoms with Crippen LogP contribution in [0.4, 0.5) is 0 Å². The molecule has 0 nitrogen and oxygen atoms in total. The molecule has 0 amide bonds. The second-order valence-electron chi connectivity index (χ2n) is 9.78. The van der Waals surface area contributed by atoms with Crippen LogP contribution in [0.2, 0.25) is 0 Å². The van der Waals surface area contributed by atoms with Crippen LogP contribution in [-0.2, 0) is 0 Å². The molecule has 0 unspecified atom stereocenters. The van der Waals surface area contributed by atoms with Gasteiger partial charge in [-0.2, -0.15) is 0 Å². The van der Waals surface area contributed by atoms with Crippen LogP contribution >= 0.6 is 0 Å². The van der Waals surface area contributed by atoms with Gasteiger partial charge in [-0.15, -0.1) is 0 Å². The molecule has 2 aromatic rings. The van der Waals surface area contributed by atoms with Crippen LogP contribution < -0.4 is 0 Å². The highest BCUT2D eigenvalue weighted by molar-refractivity contribution is 5.46. The number of benzene rings is 2. The third-order valence-corrected chi connectivity index (χ3v) is 7.07. The van der Waals surface area contributed by atoms with Gasteiger partial charge in [-0.1, -0.05) is 94.6 Å². The molecular weight excluding hydrogens is 396 g/mol. The third-order valence-electron chi connectivity index (χ3n) is 7.07. The Morgan fingerprint density at radius 2 is 1.15 bits per heavy atom. The summed E-state index contributed by atoms with van der Waals surface area (Å²) in [5, 5.41) is 0. The number of hydrogen-bond donors (Lipinski definition) is 0. The summed E-state index contributed by atoms with van der Waals surface area (Å²) < 4.78 is 0. The molecule has 1 aliphatic rings. The number of hydrogen-bond acceptors (Lipinski definition) is 0. The summed E-state index contributed by atoms with van der Waals surface area (Å²) in [4.78, 5) is 0. The van der Waals surface area contributed by atoms with Crippen molar-refractivity contribution < 1.29 is 0 Å². The summed E-state index contributed by atoms with van der Waals surface area (Å²) in [5.74, 6) is 14.9. The van der Waals surface area contributed by atoms with E-state index in [9.17, 15) is 0 Å². The number of rotatable bonds is 9. The van der Waals surface area contributed by atoms with E-state index in [4.69, 9.17) is 0 Å². The van der Waals surface area contributed by atoms with Crippen molar-refractivity contribution in [2.24, 2.45) is 5.92 Å². The summed E-state index contributed by atoms with van der Waals surface area (Å²) in [6.45, 7) is 4.54. The van der Waals surface area contributed by atoms with E-state index in [1.807, 2.05) is 0 Å². The second-order valence-corrected chi connectivity index (χ2v) is 9.78. The van der Waals surface area contributed by atoms with Gasteiger partial charge in [0.1, 0.15) is 0 Å². The minimum atomic E-state index is 0.745. The molecule has 0 N–H and O–H groups in total. The summed E-state index contributed by atoms with van der Waals surface area (Å²) >= 11 is 0. The van der Waals surface area contributed by atoms with Gasteiger partial charge in [-0.3, -0.25) is 0 Å². The predicted octanol–water partition coefficient (Wildman–Crippen LogP) is 9.26. The lowest BCUT2D eigenvalue weighted by Crippen LogP contribution is -2.13. The average Bonchev–Trinajstić information content (AvgIpc) is 2.86. The normalized spacial score (nSPS) is 17.5. The Hall–Kier alpha value is -2.44. The van der Waals surface area contributed by atoms with Crippen molar-refractivity contribution in [2.45, 2.75) is 103 Å². The van der Waals surface area contributed by atoms with Crippen LogP contribution in [0.15, 0.2) is 48.5 Å². The first-order valence-electron chi connectivity index (χ1n) is 13.5. The lowest BCUT2D eigenvalue weighted by Gasteiger charge is -2.29. The molecule has 1 fully saturated rings. The van der Waals surface area contributed by atoms with Gasteiger partial charge in [-0.05, 0) is 85.9 Å². The Kier molecular flexibility index (Phi) is 11.2. The van der Waals surface area contributed by atoms with Crippen LogP contribution in [-0.4, -0.2) is 0 Å². The molecule has 1 aliphatic carbocycles. The Balaban J connectivity index is 1.46. The van der Waals surface area contributed by atoms with E-state index in [1.54, 1.807) is 0 Å². The zero-order chi connectivity index (χ0) is 23.1. The molecule has 1 saturated carbocycles. The van der Waals surface area contributed by atoms with Gasteiger partial charge in [0.25, 0.3) is 0 Å². The fourth-order valence-corrected chi connectivity index (χ4v) is 4.89. The summed E-state index contributed by atoms with van der Waals surface area (Å²) in [7, 11) is 0. The average molecular weight is 439 g/mol. The SMILES string of the molecule is CCCCCCC#Cc1ccc(C#Cc2ccc(C3CCC(CCCCC)CC3)cc2)cc1. The second kappa shape index (κ2) is 14.7. The maximum atomic E-state index is 3.33. The fraction of sp³-hybridized carbons (Fsp3) is 0.515. The van der Waals surface area contributed by atoms with Crippen molar-refractivity contribution in [3.8, 4) is 23.7 Å². The lowest BCUT2D eigenvalue weighted by atomic mass is 9.77. The van der Waals surface area contributed by atoms with Crippen LogP contribution in [0.3, 0.4) is 0 Å². The highest BCUT2D eigenvalue weighted by Gasteiger charge is 2.21. The van der Waals surface area contributed by atoms with Crippen LogP contribution in [0.5, 0.6) is 0 Å². The van der Waals surface area contributed by atoms with E-state index >= 15 is 0 Å². The van der Waals surface area contributed by atoms with Crippen LogP contribution in [0.25, 0.3) is 0 Å². The highest BCUT2D eigenvalue weighted by Crippen LogP contribution is 2.37. The molecule has 2 aromatic carbocycles. The van der Waals surface area contributed by atoms with Crippen molar-refractivity contribution in [1.82, 2.24) is 0 Å². The molecule has 0 heterocycles. The Morgan fingerprint density at radius 3 is 1.76 bits per heavy atom. The van der Waals surface area contributed by atoms with E-state index in [0.717, 1.165) is 34.9 Å². The molecule has 0 aromatic heterocycles. The largest absolute Gasteiger partial charge is 0.0979 e. The van der Waals surface area contributed by atoms with Crippen LogP contribution in [0, 0.1) is 29.6 Å². The van der Waals surface area contributed by atoms with E-state index in [-0.39, 0.29) is 0 Å². The van der Waals surface area contributed by atoms with E-state index < -0.39 is 0 Å². The maximum Gasteiger partial charge on any atom is 0.0249 e. The maximum absolute atomic E-state index is 3.33.